The van der Waals surface area contributed by atoms with Crippen molar-refractivity contribution in [1.82, 2.24) is 10.2 Å². The molecule has 1 aromatic rings. The molecule has 0 bridgehead atoms. The van der Waals surface area contributed by atoms with Gasteiger partial charge in [0.1, 0.15) is 0 Å². The van der Waals surface area contributed by atoms with E-state index in [9.17, 15) is 10.1 Å². The van der Waals surface area contributed by atoms with Crippen LogP contribution < -0.4 is 5.32 Å². The highest BCUT2D eigenvalue weighted by Crippen LogP contribution is 2.28. The molecular formula is C16H25N3O2. The van der Waals surface area contributed by atoms with Gasteiger partial charge in [0.15, 0.2) is 0 Å². The predicted octanol–water partition coefficient (Wildman–Crippen LogP) is 2.98. The molecule has 0 amide bonds. The normalized spacial score (nSPS) is 18.6. The van der Waals surface area contributed by atoms with Crippen LogP contribution in [-0.4, -0.2) is 36.5 Å². The van der Waals surface area contributed by atoms with Crippen LogP contribution in [0.3, 0.4) is 0 Å². The number of nitrogens with one attached hydrogen (secondary N) is 1. The highest BCUT2D eigenvalue weighted by molar-refractivity contribution is 5.34. The maximum Gasteiger partial charge on any atom is 0.269 e. The Balaban J connectivity index is 1.89. The first-order valence-corrected chi connectivity index (χ1v) is 7.75. The van der Waals surface area contributed by atoms with E-state index in [1.165, 1.54) is 19.3 Å². The lowest BCUT2D eigenvalue weighted by molar-refractivity contribution is -0.384. The van der Waals surface area contributed by atoms with E-state index in [0.717, 1.165) is 31.1 Å². The van der Waals surface area contributed by atoms with Crippen molar-refractivity contribution in [3.8, 4) is 0 Å². The van der Waals surface area contributed by atoms with Crippen LogP contribution in [-0.2, 0) is 0 Å². The first-order valence-electron chi connectivity index (χ1n) is 7.75. The minimum absolute atomic E-state index is 0.164. The highest BCUT2D eigenvalue weighted by Gasteiger charge is 2.23. The fraction of sp³-hybridized carbons (Fsp3) is 0.625. The number of nitro benzene ring substituents is 1. The topological polar surface area (TPSA) is 58.4 Å². The molecule has 0 radical (unpaired) electrons. The molecule has 5 heteroatoms. The predicted molar refractivity (Wildman–Crippen MR) is 84.4 cm³/mol. The summed E-state index contributed by atoms with van der Waals surface area (Å²) in [7, 11) is 2.01. The third kappa shape index (κ3) is 4.25. The van der Waals surface area contributed by atoms with E-state index in [0.29, 0.717) is 6.04 Å². The Hall–Kier alpha value is -1.46. The van der Waals surface area contributed by atoms with Crippen LogP contribution in [0, 0.1) is 16.0 Å². The van der Waals surface area contributed by atoms with Crippen molar-refractivity contribution in [3.05, 3.63) is 39.9 Å². The lowest BCUT2D eigenvalue weighted by Gasteiger charge is -2.36. The highest BCUT2D eigenvalue weighted by atomic mass is 16.6. The zero-order chi connectivity index (χ0) is 15.2. The van der Waals surface area contributed by atoms with Crippen LogP contribution in [0.2, 0.25) is 0 Å². The molecule has 0 spiro atoms. The third-order valence-corrected chi connectivity index (χ3v) is 4.59. The number of nitro groups is 1. The van der Waals surface area contributed by atoms with Gasteiger partial charge in [0, 0.05) is 18.2 Å². The third-order valence-electron chi connectivity index (χ3n) is 4.59. The van der Waals surface area contributed by atoms with Crippen LogP contribution >= 0.6 is 0 Å². The zero-order valence-corrected chi connectivity index (χ0v) is 12.9. The average molecular weight is 291 g/mol. The molecule has 21 heavy (non-hydrogen) atoms. The number of piperidine rings is 1. The van der Waals surface area contributed by atoms with Crippen molar-refractivity contribution >= 4 is 5.69 Å². The summed E-state index contributed by atoms with van der Waals surface area (Å²) < 4.78 is 0. The number of likely N-dealkylation sites (tertiary alicyclic amines) is 1. The molecule has 1 fully saturated rings. The van der Waals surface area contributed by atoms with Gasteiger partial charge in [0.2, 0.25) is 0 Å². The van der Waals surface area contributed by atoms with Crippen molar-refractivity contribution in [2.45, 2.75) is 32.2 Å². The smallest absolute Gasteiger partial charge is 0.269 e. The van der Waals surface area contributed by atoms with Gasteiger partial charge in [0.25, 0.3) is 5.69 Å². The Morgan fingerprint density at radius 3 is 2.48 bits per heavy atom. The summed E-state index contributed by atoms with van der Waals surface area (Å²) in [4.78, 5) is 12.8. The van der Waals surface area contributed by atoms with Gasteiger partial charge in [0.05, 0.1) is 4.92 Å². The number of rotatable bonds is 6. The molecule has 1 N–H and O–H groups in total. The molecule has 2 rings (SSSR count). The van der Waals surface area contributed by atoms with Crippen molar-refractivity contribution < 1.29 is 4.92 Å². The summed E-state index contributed by atoms with van der Waals surface area (Å²) in [5.74, 6) is 0.831. The summed E-state index contributed by atoms with van der Waals surface area (Å²) in [6.07, 6.45) is 3.76. The molecule has 0 aliphatic carbocycles. The van der Waals surface area contributed by atoms with Crippen LogP contribution in [0.4, 0.5) is 5.69 Å². The standard InChI is InChI=1S/C16H25N3O2/c1-13(15-3-5-16(6-4-15)19(20)21)18-11-8-14(9-12-18)7-10-17-2/h3-6,13-14,17H,7-12H2,1-2H3. The molecular weight excluding hydrogens is 266 g/mol. The molecule has 0 saturated carbocycles. The lowest BCUT2D eigenvalue weighted by Crippen LogP contribution is -2.36. The van der Waals surface area contributed by atoms with Gasteiger partial charge in [-0.15, -0.1) is 0 Å². The van der Waals surface area contributed by atoms with E-state index >= 15 is 0 Å². The molecule has 1 aliphatic heterocycles. The maximum absolute atomic E-state index is 10.7. The second kappa shape index (κ2) is 7.52. The Kier molecular flexibility index (Phi) is 5.70. The van der Waals surface area contributed by atoms with E-state index in [1.54, 1.807) is 12.1 Å². The fourth-order valence-corrected chi connectivity index (χ4v) is 3.06. The van der Waals surface area contributed by atoms with Crippen molar-refractivity contribution in [2.75, 3.05) is 26.7 Å². The molecule has 1 aliphatic rings. The molecule has 1 aromatic carbocycles. The van der Waals surface area contributed by atoms with Crippen LogP contribution in [0.5, 0.6) is 0 Å². The second-order valence-electron chi connectivity index (χ2n) is 5.90. The van der Waals surface area contributed by atoms with Crippen molar-refractivity contribution in [1.29, 1.82) is 0 Å². The van der Waals surface area contributed by atoms with E-state index in [4.69, 9.17) is 0 Å². The quantitative estimate of drug-likeness (QED) is 0.646. The molecule has 1 unspecified atom stereocenters. The molecule has 1 saturated heterocycles. The van der Waals surface area contributed by atoms with Crippen LogP contribution in [0.1, 0.15) is 37.8 Å². The van der Waals surface area contributed by atoms with E-state index in [2.05, 4.69) is 17.1 Å². The summed E-state index contributed by atoms with van der Waals surface area (Å²) in [5.41, 5.74) is 1.32. The van der Waals surface area contributed by atoms with Gasteiger partial charge in [-0.1, -0.05) is 12.1 Å². The van der Waals surface area contributed by atoms with Gasteiger partial charge >= 0.3 is 0 Å². The van der Waals surface area contributed by atoms with Crippen molar-refractivity contribution in [2.24, 2.45) is 5.92 Å². The maximum atomic E-state index is 10.7. The number of hydrogen-bond donors (Lipinski definition) is 1. The number of non-ortho nitro benzene ring substituents is 1. The summed E-state index contributed by atoms with van der Waals surface area (Å²) >= 11 is 0. The van der Waals surface area contributed by atoms with E-state index in [1.807, 2.05) is 19.2 Å². The SMILES string of the molecule is CNCCC1CCN(C(C)c2ccc([N+](=O)[O-])cc2)CC1. The first-order chi connectivity index (χ1) is 10.1. The zero-order valence-electron chi connectivity index (χ0n) is 12.9. The molecule has 5 nitrogen and oxygen atoms in total. The van der Waals surface area contributed by atoms with Crippen molar-refractivity contribution in [3.63, 3.8) is 0 Å². The number of benzene rings is 1. The first kappa shape index (κ1) is 15.9. The molecule has 116 valence electrons. The molecule has 0 aromatic heterocycles. The Morgan fingerprint density at radius 1 is 1.33 bits per heavy atom. The number of hydrogen-bond acceptors (Lipinski definition) is 4. The Labute approximate surface area is 126 Å². The molecule has 1 heterocycles. The van der Waals surface area contributed by atoms with Gasteiger partial charge in [-0.2, -0.15) is 0 Å². The summed E-state index contributed by atoms with van der Waals surface area (Å²) in [6, 6.07) is 7.30. The van der Waals surface area contributed by atoms with Crippen LogP contribution in [0.25, 0.3) is 0 Å². The second-order valence-corrected chi connectivity index (χ2v) is 5.90. The van der Waals surface area contributed by atoms with E-state index in [-0.39, 0.29) is 10.6 Å². The van der Waals surface area contributed by atoms with Gasteiger partial charge in [-0.25, -0.2) is 0 Å². The summed E-state index contributed by atoms with van der Waals surface area (Å²) in [5, 5.41) is 13.9. The Bertz CT molecular complexity index is 453. The minimum Gasteiger partial charge on any atom is -0.320 e. The summed E-state index contributed by atoms with van der Waals surface area (Å²) in [6.45, 7) is 5.52. The number of nitrogens with zero attached hydrogens (tertiary/aromatic N) is 2. The van der Waals surface area contributed by atoms with Crippen LogP contribution in [0.15, 0.2) is 24.3 Å². The van der Waals surface area contributed by atoms with Gasteiger partial charge in [-0.05, 0) is 64.3 Å². The van der Waals surface area contributed by atoms with Gasteiger partial charge < -0.3 is 5.32 Å². The monoisotopic (exact) mass is 291 g/mol. The fourth-order valence-electron chi connectivity index (χ4n) is 3.06. The average Bonchev–Trinajstić information content (AvgIpc) is 2.53. The largest absolute Gasteiger partial charge is 0.320 e. The lowest BCUT2D eigenvalue weighted by atomic mass is 9.92. The van der Waals surface area contributed by atoms with E-state index < -0.39 is 0 Å². The minimum atomic E-state index is -0.346. The van der Waals surface area contributed by atoms with Gasteiger partial charge in [-0.3, -0.25) is 15.0 Å². The molecule has 1 atom stereocenters. The Morgan fingerprint density at radius 2 is 1.95 bits per heavy atom.